The number of benzene rings is 1. The van der Waals surface area contributed by atoms with Crippen molar-refractivity contribution in [2.24, 2.45) is 11.7 Å². The smallest absolute Gasteiger partial charge is 0.0309 e. The molecule has 0 spiro atoms. The molecule has 0 aromatic heterocycles. The summed E-state index contributed by atoms with van der Waals surface area (Å²) >= 11 is 7.14. The van der Waals surface area contributed by atoms with E-state index >= 15 is 0 Å². The Morgan fingerprint density at radius 3 is 2.44 bits per heavy atom. The number of halogens is 2. The molecular formula is C15H21Br2N. The molecule has 1 aromatic carbocycles. The van der Waals surface area contributed by atoms with Gasteiger partial charge in [-0.05, 0) is 36.1 Å². The van der Waals surface area contributed by atoms with Gasteiger partial charge in [-0.25, -0.2) is 0 Å². The zero-order valence-electron chi connectivity index (χ0n) is 10.7. The van der Waals surface area contributed by atoms with Gasteiger partial charge >= 0.3 is 0 Å². The average molecular weight is 375 g/mol. The molecule has 1 unspecified atom stereocenters. The van der Waals surface area contributed by atoms with Crippen molar-refractivity contribution in [1.82, 2.24) is 0 Å². The van der Waals surface area contributed by atoms with E-state index in [1.807, 2.05) is 6.07 Å². The van der Waals surface area contributed by atoms with Crippen LogP contribution in [0.15, 0.2) is 27.1 Å². The van der Waals surface area contributed by atoms with Crippen LogP contribution in [0.3, 0.4) is 0 Å². The zero-order chi connectivity index (χ0) is 13.0. The molecule has 1 atom stereocenters. The van der Waals surface area contributed by atoms with Crippen LogP contribution in [0.4, 0.5) is 0 Å². The minimum absolute atomic E-state index is 0.153. The number of rotatable bonds is 3. The Morgan fingerprint density at radius 2 is 1.78 bits per heavy atom. The molecule has 3 heteroatoms. The molecule has 2 rings (SSSR count). The lowest BCUT2D eigenvalue weighted by Gasteiger charge is -2.20. The van der Waals surface area contributed by atoms with Gasteiger partial charge in [-0.2, -0.15) is 0 Å². The van der Waals surface area contributed by atoms with Gasteiger partial charge in [0.2, 0.25) is 0 Å². The molecule has 0 saturated heterocycles. The van der Waals surface area contributed by atoms with Crippen molar-refractivity contribution in [3.63, 3.8) is 0 Å². The first-order chi connectivity index (χ1) is 8.66. The van der Waals surface area contributed by atoms with Crippen molar-refractivity contribution >= 4 is 31.9 Å². The van der Waals surface area contributed by atoms with E-state index in [0.29, 0.717) is 0 Å². The van der Waals surface area contributed by atoms with E-state index in [1.54, 1.807) is 0 Å². The Hall–Kier alpha value is 0.140. The van der Waals surface area contributed by atoms with Crippen LogP contribution in [0.5, 0.6) is 0 Å². The Bertz CT molecular complexity index is 384. The summed E-state index contributed by atoms with van der Waals surface area (Å²) in [4.78, 5) is 0. The van der Waals surface area contributed by atoms with Crippen LogP contribution >= 0.6 is 31.9 Å². The van der Waals surface area contributed by atoms with Crippen LogP contribution in [0, 0.1) is 5.92 Å². The molecule has 0 heterocycles. The number of hydrogen-bond donors (Lipinski definition) is 1. The zero-order valence-corrected chi connectivity index (χ0v) is 13.8. The van der Waals surface area contributed by atoms with E-state index in [-0.39, 0.29) is 6.04 Å². The monoisotopic (exact) mass is 373 g/mol. The largest absolute Gasteiger partial charge is 0.324 e. The quantitative estimate of drug-likeness (QED) is 0.687. The van der Waals surface area contributed by atoms with Gasteiger partial charge in [-0.1, -0.05) is 70.4 Å². The van der Waals surface area contributed by atoms with E-state index < -0.39 is 0 Å². The Morgan fingerprint density at radius 1 is 1.11 bits per heavy atom. The summed E-state index contributed by atoms with van der Waals surface area (Å²) in [5.41, 5.74) is 7.63. The molecule has 0 radical (unpaired) electrons. The van der Waals surface area contributed by atoms with E-state index in [2.05, 4.69) is 44.0 Å². The predicted octanol–water partition coefficient (Wildman–Crippen LogP) is 5.57. The standard InChI is InChI=1S/C15H21Br2N/c16-12-7-8-14(17)13(10-12)15(18)9-11-5-3-1-2-4-6-11/h7-8,10-11,15H,1-6,9,18H2. The highest BCUT2D eigenvalue weighted by Crippen LogP contribution is 2.33. The molecule has 1 aliphatic rings. The van der Waals surface area contributed by atoms with Gasteiger partial charge in [0.15, 0.2) is 0 Å². The van der Waals surface area contributed by atoms with E-state index in [9.17, 15) is 0 Å². The summed E-state index contributed by atoms with van der Waals surface area (Å²) in [5, 5.41) is 0. The van der Waals surface area contributed by atoms with Crippen LogP contribution < -0.4 is 5.73 Å². The molecule has 1 aromatic rings. The molecule has 1 nitrogen and oxygen atoms in total. The maximum absolute atomic E-state index is 6.40. The van der Waals surface area contributed by atoms with Crippen molar-refractivity contribution < 1.29 is 0 Å². The fraction of sp³-hybridized carbons (Fsp3) is 0.600. The molecule has 0 bridgehead atoms. The van der Waals surface area contributed by atoms with Gasteiger partial charge in [0.25, 0.3) is 0 Å². The molecule has 1 aliphatic carbocycles. The fourth-order valence-corrected chi connectivity index (χ4v) is 3.80. The van der Waals surface area contributed by atoms with Crippen LogP contribution in [0.2, 0.25) is 0 Å². The lowest BCUT2D eigenvalue weighted by atomic mass is 9.90. The molecule has 1 saturated carbocycles. The fourth-order valence-electron chi connectivity index (χ4n) is 2.88. The number of hydrogen-bond acceptors (Lipinski definition) is 1. The highest BCUT2D eigenvalue weighted by Gasteiger charge is 2.18. The second-order valence-corrected chi connectivity index (χ2v) is 7.14. The third kappa shape index (κ3) is 4.07. The summed E-state index contributed by atoms with van der Waals surface area (Å²) < 4.78 is 2.24. The Labute approximate surface area is 127 Å². The minimum Gasteiger partial charge on any atom is -0.324 e. The van der Waals surface area contributed by atoms with Crippen LogP contribution in [0.1, 0.15) is 56.6 Å². The van der Waals surface area contributed by atoms with Gasteiger partial charge in [0.1, 0.15) is 0 Å². The van der Waals surface area contributed by atoms with E-state index in [4.69, 9.17) is 5.73 Å². The predicted molar refractivity (Wildman–Crippen MR) is 84.6 cm³/mol. The normalized spacial score (nSPS) is 19.5. The third-order valence-electron chi connectivity index (χ3n) is 3.92. The second kappa shape index (κ2) is 7.06. The molecular weight excluding hydrogens is 354 g/mol. The number of nitrogens with two attached hydrogens (primary N) is 1. The summed E-state index contributed by atoms with van der Waals surface area (Å²) in [6.07, 6.45) is 9.43. The molecule has 18 heavy (non-hydrogen) atoms. The molecule has 0 amide bonds. The lowest BCUT2D eigenvalue weighted by Crippen LogP contribution is -2.16. The summed E-state index contributed by atoms with van der Waals surface area (Å²) in [5.74, 6) is 0.813. The lowest BCUT2D eigenvalue weighted by molar-refractivity contribution is 0.392. The van der Waals surface area contributed by atoms with E-state index in [0.717, 1.165) is 21.3 Å². The van der Waals surface area contributed by atoms with Crippen LogP contribution in [-0.4, -0.2) is 0 Å². The van der Waals surface area contributed by atoms with Crippen molar-refractivity contribution in [3.05, 3.63) is 32.7 Å². The van der Waals surface area contributed by atoms with Gasteiger partial charge in [0.05, 0.1) is 0 Å². The van der Waals surface area contributed by atoms with Crippen molar-refractivity contribution in [3.8, 4) is 0 Å². The maximum atomic E-state index is 6.40. The Kier molecular flexibility index (Phi) is 5.71. The van der Waals surface area contributed by atoms with Crippen molar-refractivity contribution in [1.29, 1.82) is 0 Å². The van der Waals surface area contributed by atoms with Gasteiger partial charge in [0, 0.05) is 15.0 Å². The molecule has 1 fully saturated rings. The average Bonchev–Trinajstić information content (AvgIpc) is 2.61. The molecule has 0 aliphatic heterocycles. The Balaban J connectivity index is 2.01. The molecule has 2 N–H and O–H groups in total. The minimum atomic E-state index is 0.153. The third-order valence-corrected chi connectivity index (χ3v) is 5.13. The van der Waals surface area contributed by atoms with Gasteiger partial charge < -0.3 is 5.73 Å². The second-order valence-electron chi connectivity index (χ2n) is 5.37. The first-order valence-corrected chi connectivity index (χ1v) is 8.46. The first kappa shape index (κ1) is 14.5. The van der Waals surface area contributed by atoms with Crippen LogP contribution in [-0.2, 0) is 0 Å². The van der Waals surface area contributed by atoms with Gasteiger partial charge in [-0.3, -0.25) is 0 Å². The highest BCUT2D eigenvalue weighted by atomic mass is 79.9. The first-order valence-electron chi connectivity index (χ1n) is 6.87. The van der Waals surface area contributed by atoms with Crippen molar-refractivity contribution in [2.45, 2.75) is 51.0 Å². The summed E-state index contributed by atoms with van der Waals surface area (Å²) in [6, 6.07) is 6.42. The van der Waals surface area contributed by atoms with Gasteiger partial charge in [-0.15, -0.1) is 0 Å². The van der Waals surface area contributed by atoms with Crippen molar-refractivity contribution in [2.75, 3.05) is 0 Å². The summed E-state index contributed by atoms with van der Waals surface area (Å²) in [7, 11) is 0. The summed E-state index contributed by atoms with van der Waals surface area (Å²) in [6.45, 7) is 0. The maximum Gasteiger partial charge on any atom is 0.0309 e. The van der Waals surface area contributed by atoms with Crippen LogP contribution in [0.25, 0.3) is 0 Å². The van der Waals surface area contributed by atoms with E-state index in [1.165, 1.54) is 44.1 Å². The molecule has 100 valence electrons. The highest BCUT2D eigenvalue weighted by molar-refractivity contribution is 9.11. The topological polar surface area (TPSA) is 26.0 Å². The SMILES string of the molecule is NC(CC1CCCCCC1)c1cc(Br)ccc1Br.